The molecule has 1 aromatic heterocycles. The van der Waals surface area contributed by atoms with E-state index in [4.69, 9.17) is 9.72 Å². The number of carbonyl (C=O) groups excluding carboxylic acids is 1. The summed E-state index contributed by atoms with van der Waals surface area (Å²) in [7, 11) is 0. The number of rotatable bonds is 6. The first-order valence-corrected chi connectivity index (χ1v) is 11.0. The van der Waals surface area contributed by atoms with Crippen LogP contribution < -0.4 is 4.90 Å². The minimum absolute atomic E-state index is 0.0606. The first kappa shape index (κ1) is 19.8. The molecule has 2 heterocycles. The Labute approximate surface area is 175 Å². The molecule has 29 heavy (non-hydrogen) atoms. The predicted octanol–water partition coefficient (Wildman–Crippen LogP) is 5.65. The summed E-state index contributed by atoms with van der Waals surface area (Å²) in [5, 5.41) is 0.742. The Kier molecular flexibility index (Phi) is 6.07. The molecule has 0 aliphatic carbocycles. The zero-order valence-electron chi connectivity index (χ0n) is 16.9. The molecule has 0 radical (unpaired) electrons. The number of hydrogen-bond acceptors (Lipinski definition) is 4. The minimum atomic E-state index is -0.0606. The Hall–Kier alpha value is -2.50. The molecular weight excluding hydrogens is 380 g/mol. The van der Waals surface area contributed by atoms with Gasteiger partial charge in [-0.25, -0.2) is 4.98 Å². The van der Waals surface area contributed by atoms with Gasteiger partial charge >= 0.3 is 0 Å². The standard InChI is InChI=1S/C24H26N2O2S/c1-17(2)20-11-6-12-21-23(20)25-24(29-21)26(16-19-10-7-15-28-19)22(27)14-13-18-8-4-3-5-9-18/h3-6,8-9,11-14,17,19H,7,10,15-16H2,1-2H3/b14-13+. The van der Waals surface area contributed by atoms with Crippen molar-refractivity contribution in [2.75, 3.05) is 18.1 Å². The van der Waals surface area contributed by atoms with Gasteiger partial charge in [0.15, 0.2) is 5.13 Å². The van der Waals surface area contributed by atoms with Gasteiger partial charge in [0.05, 0.1) is 22.9 Å². The molecule has 1 saturated heterocycles. The van der Waals surface area contributed by atoms with Gasteiger partial charge in [-0.1, -0.05) is 67.6 Å². The second-order valence-electron chi connectivity index (χ2n) is 7.67. The first-order chi connectivity index (χ1) is 14.1. The normalized spacial score (nSPS) is 16.9. The third-order valence-corrected chi connectivity index (χ3v) is 6.23. The number of fused-ring (bicyclic) bond motifs is 1. The Morgan fingerprint density at radius 3 is 2.79 bits per heavy atom. The number of nitrogens with zero attached hydrogens (tertiary/aromatic N) is 2. The average Bonchev–Trinajstić information content (AvgIpc) is 3.40. The summed E-state index contributed by atoms with van der Waals surface area (Å²) in [5.41, 5.74) is 3.22. The van der Waals surface area contributed by atoms with Crippen LogP contribution in [-0.2, 0) is 9.53 Å². The number of hydrogen-bond donors (Lipinski definition) is 0. The van der Waals surface area contributed by atoms with Crippen molar-refractivity contribution in [2.24, 2.45) is 0 Å². The van der Waals surface area contributed by atoms with Gasteiger partial charge in [-0.2, -0.15) is 0 Å². The SMILES string of the molecule is CC(C)c1cccc2sc(N(CC3CCCO3)C(=O)/C=C/c3ccccc3)nc12. The Bertz CT molecular complexity index is 1000. The lowest BCUT2D eigenvalue weighted by atomic mass is 10.0. The maximum absolute atomic E-state index is 13.2. The van der Waals surface area contributed by atoms with Crippen molar-refractivity contribution in [1.82, 2.24) is 4.98 Å². The van der Waals surface area contributed by atoms with Crippen LogP contribution in [-0.4, -0.2) is 30.1 Å². The number of anilines is 1. The van der Waals surface area contributed by atoms with Gasteiger partial charge in [0.1, 0.15) is 0 Å². The number of aromatic nitrogens is 1. The molecule has 0 bridgehead atoms. The van der Waals surface area contributed by atoms with Crippen molar-refractivity contribution >= 4 is 38.7 Å². The van der Waals surface area contributed by atoms with Crippen LogP contribution in [0.25, 0.3) is 16.3 Å². The molecular formula is C24H26N2O2S. The van der Waals surface area contributed by atoms with Crippen LogP contribution in [0.1, 0.15) is 43.7 Å². The van der Waals surface area contributed by atoms with E-state index in [1.165, 1.54) is 5.56 Å². The van der Waals surface area contributed by atoms with Crippen LogP contribution in [0.5, 0.6) is 0 Å². The van der Waals surface area contributed by atoms with Crippen LogP contribution >= 0.6 is 11.3 Å². The van der Waals surface area contributed by atoms with Gasteiger partial charge in [0, 0.05) is 12.7 Å². The molecule has 1 amide bonds. The summed E-state index contributed by atoms with van der Waals surface area (Å²) in [6.07, 6.45) is 5.59. The van der Waals surface area contributed by atoms with Crippen molar-refractivity contribution in [3.05, 3.63) is 65.7 Å². The molecule has 1 unspecified atom stereocenters. The highest BCUT2D eigenvalue weighted by atomic mass is 32.1. The van der Waals surface area contributed by atoms with E-state index in [0.717, 1.165) is 40.4 Å². The fraction of sp³-hybridized carbons (Fsp3) is 0.333. The summed E-state index contributed by atoms with van der Waals surface area (Å²) in [6.45, 7) is 5.65. The molecule has 1 fully saturated rings. The lowest BCUT2D eigenvalue weighted by Crippen LogP contribution is -2.36. The van der Waals surface area contributed by atoms with Crippen molar-refractivity contribution in [3.8, 4) is 0 Å². The first-order valence-electron chi connectivity index (χ1n) is 10.2. The quantitative estimate of drug-likeness (QED) is 0.497. The van der Waals surface area contributed by atoms with E-state index in [2.05, 4.69) is 32.0 Å². The summed E-state index contributed by atoms with van der Waals surface area (Å²) >= 11 is 1.57. The Morgan fingerprint density at radius 2 is 2.07 bits per heavy atom. The van der Waals surface area contributed by atoms with E-state index >= 15 is 0 Å². The van der Waals surface area contributed by atoms with Gasteiger partial charge in [-0.05, 0) is 42.0 Å². The van der Waals surface area contributed by atoms with Gasteiger partial charge < -0.3 is 4.74 Å². The molecule has 150 valence electrons. The third-order valence-electron chi connectivity index (χ3n) is 5.19. The van der Waals surface area contributed by atoms with Crippen molar-refractivity contribution in [1.29, 1.82) is 0 Å². The fourth-order valence-electron chi connectivity index (χ4n) is 3.62. The van der Waals surface area contributed by atoms with E-state index in [-0.39, 0.29) is 12.0 Å². The highest BCUT2D eigenvalue weighted by Crippen LogP contribution is 2.34. The number of amides is 1. The smallest absolute Gasteiger partial charge is 0.252 e. The number of ether oxygens (including phenoxy) is 1. The average molecular weight is 407 g/mol. The molecule has 0 spiro atoms. The molecule has 1 aliphatic heterocycles. The van der Waals surface area contributed by atoms with Gasteiger partial charge in [-0.3, -0.25) is 9.69 Å². The predicted molar refractivity (Wildman–Crippen MR) is 121 cm³/mol. The van der Waals surface area contributed by atoms with Crippen molar-refractivity contribution in [3.63, 3.8) is 0 Å². The second kappa shape index (κ2) is 8.89. The second-order valence-corrected chi connectivity index (χ2v) is 8.68. The molecule has 0 N–H and O–H groups in total. The summed E-state index contributed by atoms with van der Waals surface area (Å²) in [4.78, 5) is 19.8. The van der Waals surface area contributed by atoms with Crippen LogP contribution in [0.15, 0.2) is 54.6 Å². The van der Waals surface area contributed by atoms with E-state index in [1.807, 2.05) is 36.4 Å². The van der Waals surface area contributed by atoms with Gasteiger partial charge in [0.25, 0.3) is 5.91 Å². The monoisotopic (exact) mass is 406 g/mol. The van der Waals surface area contributed by atoms with E-state index in [9.17, 15) is 4.79 Å². The zero-order valence-corrected chi connectivity index (χ0v) is 17.7. The van der Waals surface area contributed by atoms with Crippen LogP contribution in [0.4, 0.5) is 5.13 Å². The third kappa shape index (κ3) is 4.57. The molecule has 3 aromatic rings. The molecule has 1 atom stereocenters. The van der Waals surface area contributed by atoms with Crippen molar-refractivity contribution in [2.45, 2.75) is 38.7 Å². The van der Waals surface area contributed by atoms with Gasteiger partial charge in [0.2, 0.25) is 0 Å². The molecule has 4 rings (SSSR count). The molecule has 4 nitrogen and oxygen atoms in total. The summed E-state index contributed by atoms with van der Waals surface area (Å²) in [5.74, 6) is 0.323. The van der Waals surface area contributed by atoms with E-state index < -0.39 is 0 Å². The summed E-state index contributed by atoms with van der Waals surface area (Å²) < 4.78 is 6.93. The van der Waals surface area contributed by atoms with Crippen LogP contribution in [0.3, 0.4) is 0 Å². The number of benzene rings is 2. The van der Waals surface area contributed by atoms with Gasteiger partial charge in [-0.15, -0.1) is 0 Å². The van der Waals surface area contributed by atoms with E-state index in [1.54, 1.807) is 22.3 Å². The zero-order chi connectivity index (χ0) is 20.2. The highest BCUT2D eigenvalue weighted by Gasteiger charge is 2.25. The number of para-hydroxylation sites is 1. The lowest BCUT2D eigenvalue weighted by molar-refractivity contribution is -0.114. The Morgan fingerprint density at radius 1 is 1.24 bits per heavy atom. The van der Waals surface area contributed by atoms with Crippen LogP contribution in [0.2, 0.25) is 0 Å². The largest absolute Gasteiger partial charge is 0.376 e. The topological polar surface area (TPSA) is 42.4 Å². The lowest BCUT2D eigenvalue weighted by Gasteiger charge is -2.21. The molecule has 2 aromatic carbocycles. The number of thiazole rings is 1. The molecule has 5 heteroatoms. The highest BCUT2D eigenvalue weighted by molar-refractivity contribution is 7.22. The Balaban J connectivity index is 1.66. The minimum Gasteiger partial charge on any atom is -0.376 e. The summed E-state index contributed by atoms with van der Waals surface area (Å²) in [6, 6.07) is 16.2. The molecule has 1 aliphatic rings. The van der Waals surface area contributed by atoms with Crippen molar-refractivity contribution < 1.29 is 9.53 Å². The maximum atomic E-state index is 13.2. The maximum Gasteiger partial charge on any atom is 0.252 e. The number of carbonyl (C=O) groups is 1. The fourth-order valence-corrected chi connectivity index (χ4v) is 4.63. The molecule has 0 saturated carbocycles. The van der Waals surface area contributed by atoms with E-state index in [0.29, 0.717) is 12.5 Å². The van der Waals surface area contributed by atoms with Crippen LogP contribution in [0, 0.1) is 0 Å².